The molecule has 0 aromatic heterocycles. The molecule has 1 aromatic rings. The van der Waals surface area contributed by atoms with Crippen LogP contribution >= 0.6 is 0 Å². The minimum Gasteiger partial charge on any atom is -0.368 e. The Labute approximate surface area is 145 Å². The number of carbonyl (C=O) groups is 3. The van der Waals surface area contributed by atoms with Crippen LogP contribution in [0.25, 0.3) is 0 Å². The summed E-state index contributed by atoms with van der Waals surface area (Å²) in [5.74, 6) is -2.69. The van der Waals surface area contributed by atoms with Crippen molar-refractivity contribution in [1.29, 1.82) is 5.26 Å². The van der Waals surface area contributed by atoms with Crippen LogP contribution in [0.1, 0.15) is 25.8 Å². The van der Waals surface area contributed by atoms with Crippen LogP contribution in [0.15, 0.2) is 24.3 Å². The average Bonchev–Trinajstić information content (AvgIpc) is 2.54. The average molecular weight is 348 g/mol. The van der Waals surface area contributed by atoms with E-state index in [2.05, 4.69) is 10.6 Å². The highest BCUT2D eigenvalue weighted by Crippen LogP contribution is 2.08. The molecule has 0 saturated carbocycles. The van der Waals surface area contributed by atoms with Crippen LogP contribution < -0.4 is 16.4 Å². The summed E-state index contributed by atoms with van der Waals surface area (Å²) in [5, 5.41) is 13.8. The van der Waals surface area contributed by atoms with Gasteiger partial charge in [0.05, 0.1) is 6.07 Å². The van der Waals surface area contributed by atoms with Crippen LogP contribution in [0.2, 0.25) is 0 Å². The number of primary amides is 1. The summed E-state index contributed by atoms with van der Waals surface area (Å²) < 4.78 is 13.0. The third-order valence-corrected chi connectivity index (χ3v) is 3.52. The molecule has 8 heteroatoms. The molecule has 0 fully saturated rings. The Hall–Kier alpha value is -2.95. The minimum atomic E-state index is -1.02. The van der Waals surface area contributed by atoms with E-state index in [1.807, 2.05) is 6.07 Å². The van der Waals surface area contributed by atoms with Crippen molar-refractivity contribution in [2.75, 3.05) is 0 Å². The number of amides is 3. The Morgan fingerprint density at radius 3 is 2.28 bits per heavy atom. The van der Waals surface area contributed by atoms with Crippen LogP contribution in [0.4, 0.5) is 4.39 Å². The van der Waals surface area contributed by atoms with E-state index in [1.54, 1.807) is 6.92 Å². The molecule has 0 saturated heterocycles. The summed E-state index contributed by atoms with van der Waals surface area (Å²) >= 11 is 0. The summed E-state index contributed by atoms with van der Waals surface area (Å²) in [7, 11) is 0. The molecule has 4 N–H and O–H groups in total. The molecule has 7 nitrogen and oxygen atoms in total. The normalized spacial score (nSPS) is 13.8. The van der Waals surface area contributed by atoms with E-state index >= 15 is 0 Å². The van der Waals surface area contributed by atoms with Crippen molar-refractivity contribution in [3.8, 4) is 6.07 Å². The number of nitrogens with one attached hydrogen (secondary N) is 2. The molecule has 3 amide bonds. The molecule has 0 unspecified atom stereocenters. The second-order valence-corrected chi connectivity index (χ2v) is 5.81. The number of hydrogen-bond donors (Lipinski definition) is 3. The van der Waals surface area contributed by atoms with Gasteiger partial charge in [-0.05, 0) is 31.0 Å². The van der Waals surface area contributed by atoms with Gasteiger partial charge in [0.15, 0.2) is 0 Å². The van der Waals surface area contributed by atoms with Crippen LogP contribution in [0.5, 0.6) is 0 Å². The predicted molar refractivity (Wildman–Crippen MR) is 88.2 cm³/mol. The van der Waals surface area contributed by atoms with Crippen LogP contribution in [-0.2, 0) is 20.8 Å². The first kappa shape index (κ1) is 20.1. The highest BCUT2D eigenvalue weighted by Gasteiger charge is 2.26. The molecule has 0 bridgehead atoms. The Bertz CT molecular complexity index is 669. The Morgan fingerprint density at radius 2 is 1.80 bits per heavy atom. The molecule has 0 aliphatic rings. The van der Waals surface area contributed by atoms with Crippen molar-refractivity contribution in [3.05, 3.63) is 35.6 Å². The number of nitrogens with zero attached hydrogens (tertiary/aromatic N) is 1. The van der Waals surface area contributed by atoms with Gasteiger partial charge < -0.3 is 16.4 Å². The third kappa shape index (κ3) is 6.99. The summed E-state index contributed by atoms with van der Waals surface area (Å²) in [6, 6.07) is 5.49. The van der Waals surface area contributed by atoms with Crippen molar-refractivity contribution in [3.63, 3.8) is 0 Å². The van der Waals surface area contributed by atoms with Gasteiger partial charge in [-0.3, -0.25) is 14.4 Å². The van der Waals surface area contributed by atoms with Gasteiger partial charge in [0.25, 0.3) is 0 Å². The zero-order chi connectivity index (χ0) is 19.0. The molecule has 134 valence electrons. The number of hydrogen-bond acceptors (Lipinski definition) is 4. The fraction of sp³-hybridized carbons (Fsp3) is 0.412. The van der Waals surface area contributed by atoms with Crippen molar-refractivity contribution in [2.24, 2.45) is 11.7 Å². The highest BCUT2D eigenvalue weighted by atomic mass is 19.1. The Morgan fingerprint density at radius 1 is 1.20 bits per heavy atom. The lowest BCUT2D eigenvalue weighted by atomic mass is 10.0. The highest BCUT2D eigenvalue weighted by molar-refractivity contribution is 5.91. The Kier molecular flexibility index (Phi) is 7.53. The SMILES string of the molecule is CC(=O)N[C@H](Cc1ccc(F)cc1)C(=O)N[C@@H](C[C@@H](C)C#N)C(N)=O. The maximum absolute atomic E-state index is 13.0. The lowest BCUT2D eigenvalue weighted by Gasteiger charge is -2.22. The molecule has 0 heterocycles. The second-order valence-electron chi connectivity index (χ2n) is 5.81. The fourth-order valence-electron chi connectivity index (χ4n) is 2.24. The molecule has 0 spiro atoms. The van der Waals surface area contributed by atoms with Gasteiger partial charge in [-0.15, -0.1) is 0 Å². The quantitative estimate of drug-likeness (QED) is 0.628. The number of carbonyl (C=O) groups excluding carboxylic acids is 3. The third-order valence-electron chi connectivity index (χ3n) is 3.52. The standard InChI is InChI=1S/C17H21FN4O3/c1-10(9-19)7-14(16(20)24)22-17(25)15(21-11(2)23)8-12-3-5-13(18)6-4-12/h3-6,10,14-15H,7-8H2,1-2H3,(H2,20,24)(H,21,23)(H,22,25)/t10-,14+,15-/m1/s1. The molecule has 25 heavy (non-hydrogen) atoms. The maximum Gasteiger partial charge on any atom is 0.243 e. The maximum atomic E-state index is 13.0. The van der Waals surface area contributed by atoms with Crippen LogP contribution in [0.3, 0.4) is 0 Å². The van der Waals surface area contributed by atoms with E-state index < -0.39 is 41.5 Å². The summed E-state index contributed by atoms with van der Waals surface area (Å²) in [6.45, 7) is 2.86. The van der Waals surface area contributed by atoms with Crippen molar-refractivity contribution in [2.45, 2.75) is 38.8 Å². The van der Waals surface area contributed by atoms with E-state index in [-0.39, 0.29) is 12.8 Å². The first-order valence-electron chi connectivity index (χ1n) is 7.73. The summed E-state index contributed by atoms with van der Waals surface area (Å²) in [5.41, 5.74) is 5.90. The van der Waals surface area contributed by atoms with E-state index in [9.17, 15) is 18.8 Å². The van der Waals surface area contributed by atoms with Gasteiger partial charge in [0.1, 0.15) is 17.9 Å². The van der Waals surface area contributed by atoms with E-state index in [1.165, 1.54) is 31.2 Å². The minimum absolute atomic E-state index is 0.0704. The number of nitriles is 1. The smallest absolute Gasteiger partial charge is 0.243 e. The number of rotatable bonds is 8. The van der Waals surface area contributed by atoms with E-state index in [0.29, 0.717) is 5.56 Å². The zero-order valence-electron chi connectivity index (χ0n) is 14.1. The lowest BCUT2D eigenvalue weighted by Crippen LogP contribution is -2.53. The monoisotopic (exact) mass is 348 g/mol. The van der Waals surface area contributed by atoms with Crippen LogP contribution in [0, 0.1) is 23.1 Å². The Balaban J connectivity index is 2.87. The van der Waals surface area contributed by atoms with Crippen LogP contribution in [-0.4, -0.2) is 29.8 Å². The molecular weight excluding hydrogens is 327 g/mol. The predicted octanol–water partition coefficient (Wildman–Crippen LogP) is 0.393. The first-order chi connectivity index (χ1) is 11.7. The molecule has 0 aliphatic heterocycles. The molecule has 1 aromatic carbocycles. The molecular formula is C17H21FN4O3. The molecule has 0 aliphatic carbocycles. The van der Waals surface area contributed by atoms with E-state index in [4.69, 9.17) is 11.0 Å². The number of halogens is 1. The fourth-order valence-corrected chi connectivity index (χ4v) is 2.24. The van der Waals surface area contributed by atoms with E-state index in [0.717, 1.165) is 0 Å². The number of nitrogens with two attached hydrogens (primary N) is 1. The topological polar surface area (TPSA) is 125 Å². The van der Waals surface area contributed by atoms with Crippen molar-refractivity contribution in [1.82, 2.24) is 10.6 Å². The zero-order valence-corrected chi connectivity index (χ0v) is 14.1. The van der Waals surface area contributed by atoms with Crippen molar-refractivity contribution < 1.29 is 18.8 Å². The molecule has 3 atom stereocenters. The van der Waals surface area contributed by atoms with Crippen molar-refractivity contribution >= 4 is 17.7 Å². The lowest BCUT2D eigenvalue weighted by molar-refractivity contribution is -0.131. The largest absolute Gasteiger partial charge is 0.368 e. The van der Waals surface area contributed by atoms with Gasteiger partial charge >= 0.3 is 0 Å². The van der Waals surface area contributed by atoms with Gasteiger partial charge in [0.2, 0.25) is 17.7 Å². The number of benzene rings is 1. The summed E-state index contributed by atoms with van der Waals surface area (Å²) in [6.07, 6.45) is 0.186. The van der Waals surface area contributed by atoms with Gasteiger partial charge in [-0.1, -0.05) is 12.1 Å². The van der Waals surface area contributed by atoms with Gasteiger partial charge in [0, 0.05) is 19.3 Å². The first-order valence-corrected chi connectivity index (χ1v) is 7.73. The molecule has 1 rings (SSSR count). The second kappa shape index (κ2) is 9.37. The molecule has 0 radical (unpaired) electrons. The summed E-state index contributed by atoms with van der Waals surface area (Å²) in [4.78, 5) is 35.3. The van der Waals surface area contributed by atoms with Gasteiger partial charge in [-0.2, -0.15) is 5.26 Å². The van der Waals surface area contributed by atoms with Gasteiger partial charge in [-0.25, -0.2) is 4.39 Å².